The van der Waals surface area contributed by atoms with Gasteiger partial charge in [0.25, 0.3) is 0 Å². The largest absolute Gasteiger partial charge is 0.0910 e. The minimum absolute atomic E-state index is 0.270. The molecule has 182 valence electrons. The molecule has 8 saturated carbocycles. The minimum Gasteiger partial charge on any atom is -0.0910 e. The Morgan fingerprint density at radius 2 is 0.833 bits per heavy atom. The van der Waals surface area contributed by atoms with Crippen molar-refractivity contribution in [1.29, 1.82) is 0 Å². The van der Waals surface area contributed by atoms with E-state index in [1.807, 2.05) is 0 Å². The highest BCUT2D eigenvalue weighted by molar-refractivity contribution is 5.39. The van der Waals surface area contributed by atoms with Crippen molar-refractivity contribution in [2.24, 2.45) is 45.3 Å². The van der Waals surface area contributed by atoms with Crippen LogP contribution in [0.1, 0.15) is 88.2 Å². The van der Waals surface area contributed by atoms with Gasteiger partial charge in [-0.25, -0.2) is 0 Å². The Morgan fingerprint density at radius 1 is 0.472 bits per heavy atom. The summed E-state index contributed by atoms with van der Waals surface area (Å²) in [6.45, 7) is 0. The molecule has 0 radical (unpaired) electrons. The van der Waals surface area contributed by atoms with Crippen molar-refractivity contribution in [1.82, 2.24) is 0 Å². The molecule has 8 bridgehead atoms. The number of hydrogen-bond acceptors (Lipinski definition) is 0. The summed E-state index contributed by atoms with van der Waals surface area (Å²) < 4.78 is 0. The number of rotatable bonds is 1. The minimum atomic E-state index is 0.270. The van der Waals surface area contributed by atoms with Crippen molar-refractivity contribution in [3.05, 3.63) is 71.8 Å². The fraction of sp³-hybridized carbons (Fsp3) is 0.556. The molecular weight excluding hydrogens is 432 g/mol. The maximum absolute atomic E-state index is 3.98. The molecule has 8 aliphatic carbocycles. The van der Waals surface area contributed by atoms with Crippen LogP contribution in [-0.4, -0.2) is 0 Å². The van der Waals surface area contributed by atoms with Crippen LogP contribution in [0, 0.1) is 69.0 Å². The SMILES string of the molecule is C(#CC12CC3CC(C1)CC(C14CC5CC(CC(C#Cc6ccccc6)(C5)C1)C4)(C3)C2)c1ccccc1. The molecule has 0 amide bonds. The van der Waals surface area contributed by atoms with E-state index >= 15 is 0 Å². The predicted octanol–water partition coefficient (Wildman–Crippen LogP) is 8.26. The van der Waals surface area contributed by atoms with E-state index in [0.29, 0.717) is 10.8 Å². The van der Waals surface area contributed by atoms with Crippen molar-refractivity contribution >= 4 is 0 Å². The first-order valence-electron chi connectivity index (χ1n) is 14.7. The van der Waals surface area contributed by atoms with Crippen molar-refractivity contribution in [2.45, 2.75) is 77.0 Å². The smallest absolute Gasteiger partial charge is 0.0329 e. The van der Waals surface area contributed by atoms with Crippen LogP contribution < -0.4 is 0 Å². The van der Waals surface area contributed by atoms with Crippen molar-refractivity contribution in [2.75, 3.05) is 0 Å². The molecule has 0 saturated heterocycles. The highest BCUT2D eigenvalue weighted by Gasteiger charge is 2.69. The molecule has 10 rings (SSSR count). The first-order chi connectivity index (χ1) is 17.5. The zero-order chi connectivity index (χ0) is 23.8. The van der Waals surface area contributed by atoms with Crippen LogP contribution in [0.25, 0.3) is 0 Å². The van der Waals surface area contributed by atoms with E-state index in [4.69, 9.17) is 0 Å². The Morgan fingerprint density at radius 3 is 1.19 bits per heavy atom. The highest BCUT2D eigenvalue weighted by atomic mass is 14.7. The fourth-order valence-electron chi connectivity index (χ4n) is 11.5. The quantitative estimate of drug-likeness (QED) is 0.368. The number of benzene rings is 2. The van der Waals surface area contributed by atoms with Crippen LogP contribution in [0.5, 0.6) is 0 Å². The first-order valence-corrected chi connectivity index (χ1v) is 14.7. The molecule has 0 heteroatoms. The van der Waals surface area contributed by atoms with Crippen LogP contribution in [-0.2, 0) is 0 Å². The van der Waals surface area contributed by atoms with Crippen LogP contribution in [0.15, 0.2) is 60.7 Å². The van der Waals surface area contributed by atoms with Gasteiger partial charge in [-0.1, -0.05) is 60.1 Å². The first kappa shape index (κ1) is 21.6. The van der Waals surface area contributed by atoms with Crippen LogP contribution >= 0.6 is 0 Å². The molecule has 36 heavy (non-hydrogen) atoms. The van der Waals surface area contributed by atoms with Gasteiger partial charge in [0, 0.05) is 22.0 Å². The van der Waals surface area contributed by atoms with Gasteiger partial charge in [-0.15, -0.1) is 0 Å². The number of hydrogen-bond donors (Lipinski definition) is 0. The molecule has 0 aliphatic heterocycles. The molecule has 0 N–H and O–H groups in total. The van der Waals surface area contributed by atoms with Gasteiger partial charge >= 0.3 is 0 Å². The molecule has 4 atom stereocenters. The van der Waals surface area contributed by atoms with Crippen molar-refractivity contribution in [3.63, 3.8) is 0 Å². The van der Waals surface area contributed by atoms with Crippen LogP contribution in [0.2, 0.25) is 0 Å². The maximum atomic E-state index is 3.98. The molecular formula is C36H38. The van der Waals surface area contributed by atoms with Gasteiger partial charge in [-0.2, -0.15) is 0 Å². The van der Waals surface area contributed by atoms with E-state index < -0.39 is 0 Å². The Hall–Kier alpha value is -2.44. The standard InChI is InChI=1S/C36H38/c1-3-7-27(8-4-1)11-13-33-17-29-15-30(18-33)22-35(21-29,25-33)36-23-31-16-32(24-36)20-34(19-31,26-36)14-12-28-9-5-2-6-10-28/h1-10,29-32H,15-26H2. The average Bonchev–Trinajstić information content (AvgIpc) is 2.86. The third kappa shape index (κ3) is 3.30. The third-order valence-corrected chi connectivity index (χ3v) is 11.7. The highest BCUT2D eigenvalue weighted by Crippen LogP contribution is 2.78. The second kappa shape index (κ2) is 7.55. The zero-order valence-corrected chi connectivity index (χ0v) is 21.6. The maximum Gasteiger partial charge on any atom is 0.0329 e. The van der Waals surface area contributed by atoms with E-state index in [0.717, 1.165) is 23.7 Å². The Bertz CT molecular complexity index is 1160. The van der Waals surface area contributed by atoms with Crippen LogP contribution in [0.4, 0.5) is 0 Å². The molecule has 0 heterocycles. The monoisotopic (exact) mass is 470 g/mol. The molecule has 4 unspecified atom stereocenters. The van der Waals surface area contributed by atoms with Crippen molar-refractivity contribution in [3.8, 4) is 23.7 Å². The molecule has 8 aliphatic rings. The summed E-state index contributed by atoms with van der Waals surface area (Å²) in [5, 5.41) is 0. The summed E-state index contributed by atoms with van der Waals surface area (Å²) in [4.78, 5) is 0. The lowest BCUT2D eigenvalue weighted by Gasteiger charge is -2.73. The summed E-state index contributed by atoms with van der Waals surface area (Å²) in [5.41, 5.74) is 4.00. The summed E-state index contributed by atoms with van der Waals surface area (Å²) in [5.74, 6) is 18.9. The second-order valence-corrected chi connectivity index (χ2v) is 14.3. The molecule has 0 aromatic heterocycles. The summed E-state index contributed by atoms with van der Waals surface area (Å²) in [6.07, 6.45) is 17.2. The van der Waals surface area contributed by atoms with E-state index in [1.165, 1.54) is 88.2 Å². The topological polar surface area (TPSA) is 0 Å². The van der Waals surface area contributed by atoms with Gasteiger partial charge in [0.15, 0.2) is 0 Å². The lowest BCUT2D eigenvalue weighted by Crippen LogP contribution is -2.64. The van der Waals surface area contributed by atoms with E-state index in [9.17, 15) is 0 Å². The Balaban J connectivity index is 1.17. The summed E-state index contributed by atoms with van der Waals surface area (Å²) in [7, 11) is 0. The van der Waals surface area contributed by atoms with E-state index in [1.54, 1.807) is 0 Å². The third-order valence-electron chi connectivity index (χ3n) is 11.7. The lowest BCUT2D eigenvalue weighted by molar-refractivity contribution is -0.220. The van der Waals surface area contributed by atoms with Gasteiger partial charge in [-0.3, -0.25) is 0 Å². The normalized spacial score (nSPS) is 45.0. The second-order valence-electron chi connectivity index (χ2n) is 14.3. The summed E-state index contributed by atoms with van der Waals surface area (Å²) >= 11 is 0. The Labute approximate surface area is 217 Å². The molecule has 0 nitrogen and oxygen atoms in total. The van der Waals surface area contributed by atoms with Gasteiger partial charge < -0.3 is 0 Å². The van der Waals surface area contributed by atoms with Crippen LogP contribution in [0.3, 0.4) is 0 Å². The van der Waals surface area contributed by atoms with E-state index in [2.05, 4.69) is 84.3 Å². The van der Waals surface area contributed by atoms with Gasteiger partial charge in [0.1, 0.15) is 0 Å². The van der Waals surface area contributed by atoms with Gasteiger partial charge in [-0.05, 0) is 136 Å². The molecule has 2 aromatic carbocycles. The van der Waals surface area contributed by atoms with E-state index in [-0.39, 0.29) is 10.8 Å². The van der Waals surface area contributed by atoms with Crippen molar-refractivity contribution < 1.29 is 0 Å². The zero-order valence-electron chi connectivity index (χ0n) is 21.6. The lowest BCUT2D eigenvalue weighted by atomic mass is 9.31. The predicted molar refractivity (Wildman–Crippen MR) is 146 cm³/mol. The average molecular weight is 471 g/mol. The molecule has 8 fully saturated rings. The molecule has 2 aromatic rings. The van der Waals surface area contributed by atoms with Gasteiger partial charge in [0.2, 0.25) is 0 Å². The summed E-state index contributed by atoms with van der Waals surface area (Å²) in [6, 6.07) is 21.5. The molecule has 0 spiro atoms. The van der Waals surface area contributed by atoms with Gasteiger partial charge in [0.05, 0.1) is 0 Å². The fourth-order valence-corrected chi connectivity index (χ4v) is 11.5. The Kier molecular flexibility index (Phi) is 4.53.